The number of nitrogens with two attached hydrogens (primary N) is 1. The molecule has 1 atom stereocenters. The van der Waals surface area contributed by atoms with E-state index in [1.807, 2.05) is 60.0 Å². The lowest BCUT2D eigenvalue weighted by molar-refractivity contribution is -0.117. The second-order valence-corrected chi connectivity index (χ2v) is 7.53. The largest absolute Gasteiger partial charge is 0.454 e. The third-order valence-corrected chi connectivity index (χ3v) is 5.83. The summed E-state index contributed by atoms with van der Waals surface area (Å²) in [7, 11) is 0. The van der Waals surface area contributed by atoms with E-state index in [0.717, 1.165) is 28.5 Å². The molecule has 7 nitrogen and oxygen atoms in total. The maximum Gasteiger partial charge on any atom is 0.231 e. The molecule has 144 valence electrons. The van der Waals surface area contributed by atoms with Gasteiger partial charge in [-0.05, 0) is 24.1 Å². The number of rotatable bonds is 7. The van der Waals surface area contributed by atoms with Gasteiger partial charge in [-0.25, -0.2) is 0 Å². The number of nitrogens with zero attached hydrogens (tertiary/aromatic N) is 3. The van der Waals surface area contributed by atoms with Crippen molar-refractivity contribution >= 4 is 17.7 Å². The molecule has 0 aliphatic carbocycles. The lowest BCUT2D eigenvalue weighted by Gasteiger charge is -2.14. The second kappa shape index (κ2) is 7.93. The summed E-state index contributed by atoms with van der Waals surface area (Å²) in [6.45, 7) is 2.70. The maximum atomic E-state index is 11.7. The summed E-state index contributed by atoms with van der Waals surface area (Å²) in [4.78, 5) is 11.7. The first kappa shape index (κ1) is 18.4. The monoisotopic (exact) mass is 396 g/mol. The Balaban J connectivity index is 1.71. The first-order chi connectivity index (χ1) is 13.7. The first-order valence-corrected chi connectivity index (χ1v) is 9.86. The van der Waals surface area contributed by atoms with Crippen LogP contribution in [0.15, 0.2) is 53.7 Å². The number of carbonyl (C=O) groups excluding carboxylic acids is 1. The molecule has 0 saturated heterocycles. The van der Waals surface area contributed by atoms with Crippen LogP contribution >= 0.6 is 11.8 Å². The number of amides is 1. The maximum absolute atomic E-state index is 11.7. The van der Waals surface area contributed by atoms with Crippen LogP contribution in [0.25, 0.3) is 11.4 Å². The number of carbonyl (C=O) groups is 1. The van der Waals surface area contributed by atoms with Crippen molar-refractivity contribution in [2.45, 2.75) is 30.3 Å². The highest BCUT2D eigenvalue weighted by Gasteiger charge is 2.22. The van der Waals surface area contributed by atoms with E-state index >= 15 is 0 Å². The molecule has 1 aromatic heterocycles. The predicted octanol–water partition coefficient (Wildman–Crippen LogP) is 3.08. The Morgan fingerprint density at radius 3 is 2.71 bits per heavy atom. The molecule has 28 heavy (non-hydrogen) atoms. The van der Waals surface area contributed by atoms with E-state index in [1.165, 1.54) is 11.8 Å². The Labute approximate surface area is 166 Å². The van der Waals surface area contributed by atoms with Crippen LogP contribution in [0.1, 0.15) is 18.9 Å². The van der Waals surface area contributed by atoms with Gasteiger partial charge in [-0.15, -0.1) is 10.2 Å². The molecule has 3 aromatic rings. The van der Waals surface area contributed by atoms with Gasteiger partial charge < -0.3 is 15.2 Å². The third kappa shape index (κ3) is 3.68. The Hall–Kier alpha value is -3.00. The molecule has 2 aromatic carbocycles. The van der Waals surface area contributed by atoms with Crippen LogP contribution in [-0.2, 0) is 11.3 Å². The van der Waals surface area contributed by atoms with Gasteiger partial charge in [-0.1, -0.05) is 55.1 Å². The van der Waals surface area contributed by atoms with E-state index in [4.69, 9.17) is 15.2 Å². The van der Waals surface area contributed by atoms with E-state index in [9.17, 15) is 4.79 Å². The van der Waals surface area contributed by atoms with Crippen LogP contribution in [0.2, 0.25) is 0 Å². The van der Waals surface area contributed by atoms with Gasteiger partial charge in [0, 0.05) is 5.56 Å². The summed E-state index contributed by atoms with van der Waals surface area (Å²) in [6, 6.07) is 15.7. The molecule has 1 aliphatic rings. The summed E-state index contributed by atoms with van der Waals surface area (Å²) in [5.41, 5.74) is 7.51. The molecule has 0 radical (unpaired) electrons. The minimum Gasteiger partial charge on any atom is -0.454 e. The highest BCUT2D eigenvalue weighted by Crippen LogP contribution is 2.34. The zero-order valence-corrected chi connectivity index (χ0v) is 16.2. The minimum atomic E-state index is -0.358. The SMILES string of the molecule is CCC(Sc1nnc(-c2ccccc2)n1Cc1ccc2c(c1)OCO2)C(N)=O. The summed E-state index contributed by atoms with van der Waals surface area (Å²) >= 11 is 1.34. The second-order valence-electron chi connectivity index (χ2n) is 6.36. The van der Waals surface area contributed by atoms with Crippen molar-refractivity contribution in [2.75, 3.05) is 6.79 Å². The number of hydrogen-bond donors (Lipinski definition) is 1. The summed E-state index contributed by atoms with van der Waals surface area (Å²) in [6.07, 6.45) is 0.623. The molecular weight excluding hydrogens is 376 g/mol. The van der Waals surface area contributed by atoms with Crippen LogP contribution in [0.4, 0.5) is 0 Å². The van der Waals surface area contributed by atoms with E-state index in [1.54, 1.807) is 0 Å². The summed E-state index contributed by atoms with van der Waals surface area (Å²) in [5.74, 6) is 1.85. The van der Waals surface area contributed by atoms with Crippen molar-refractivity contribution in [1.29, 1.82) is 0 Å². The third-order valence-electron chi connectivity index (χ3n) is 4.46. The zero-order chi connectivity index (χ0) is 19.5. The highest BCUT2D eigenvalue weighted by molar-refractivity contribution is 8.00. The molecule has 2 heterocycles. The Bertz CT molecular complexity index is 990. The fourth-order valence-corrected chi connectivity index (χ4v) is 3.91. The molecule has 0 saturated carbocycles. The summed E-state index contributed by atoms with van der Waals surface area (Å²) in [5, 5.41) is 9.03. The Kier molecular flexibility index (Phi) is 5.21. The molecule has 0 bridgehead atoms. The molecule has 4 rings (SSSR count). The molecule has 1 aliphatic heterocycles. The van der Waals surface area contributed by atoms with E-state index < -0.39 is 0 Å². The average Bonchev–Trinajstić information content (AvgIpc) is 3.33. The molecule has 2 N–H and O–H groups in total. The average molecular weight is 396 g/mol. The fraction of sp³-hybridized carbons (Fsp3) is 0.250. The van der Waals surface area contributed by atoms with Crippen molar-refractivity contribution in [3.8, 4) is 22.9 Å². The topological polar surface area (TPSA) is 92.3 Å². The van der Waals surface area contributed by atoms with Crippen molar-refractivity contribution in [2.24, 2.45) is 5.73 Å². The van der Waals surface area contributed by atoms with Gasteiger partial charge in [0.15, 0.2) is 22.5 Å². The number of aromatic nitrogens is 3. The fourth-order valence-electron chi connectivity index (χ4n) is 3.01. The lowest BCUT2D eigenvalue weighted by atomic mass is 10.2. The minimum absolute atomic E-state index is 0.235. The van der Waals surface area contributed by atoms with Crippen LogP contribution in [-0.4, -0.2) is 32.7 Å². The molecule has 0 fully saturated rings. The number of hydrogen-bond acceptors (Lipinski definition) is 6. The predicted molar refractivity (Wildman–Crippen MR) is 106 cm³/mol. The van der Waals surface area contributed by atoms with Gasteiger partial charge in [-0.3, -0.25) is 9.36 Å². The molecule has 0 spiro atoms. The van der Waals surface area contributed by atoms with Gasteiger partial charge in [-0.2, -0.15) is 0 Å². The zero-order valence-electron chi connectivity index (χ0n) is 15.4. The van der Waals surface area contributed by atoms with Gasteiger partial charge in [0.25, 0.3) is 0 Å². The van der Waals surface area contributed by atoms with Crippen molar-refractivity contribution in [3.05, 3.63) is 54.1 Å². The van der Waals surface area contributed by atoms with Crippen LogP contribution in [0, 0.1) is 0 Å². The standard InChI is InChI=1S/C20H20N4O3S/c1-2-17(18(21)25)28-20-23-22-19(14-6-4-3-5-7-14)24(20)11-13-8-9-15-16(10-13)27-12-26-15/h3-10,17H,2,11-12H2,1H3,(H2,21,25). The first-order valence-electron chi connectivity index (χ1n) is 8.99. The smallest absolute Gasteiger partial charge is 0.231 e. The Morgan fingerprint density at radius 2 is 1.96 bits per heavy atom. The molecule has 8 heteroatoms. The van der Waals surface area contributed by atoms with E-state index in [0.29, 0.717) is 18.1 Å². The van der Waals surface area contributed by atoms with Crippen molar-refractivity contribution < 1.29 is 14.3 Å². The quantitative estimate of drug-likeness (QED) is 0.617. The normalized spacial score (nSPS) is 13.5. The number of fused-ring (bicyclic) bond motifs is 1. The highest BCUT2D eigenvalue weighted by atomic mass is 32.2. The number of ether oxygens (including phenoxy) is 2. The summed E-state index contributed by atoms with van der Waals surface area (Å²) < 4.78 is 12.9. The van der Waals surface area contributed by atoms with Crippen molar-refractivity contribution in [3.63, 3.8) is 0 Å². The molecular formula is C20H20N4O3S. The van der Waals surface area contributed by atoms with Crippen LogP contribution in [0.5, 0.6) is 11.5 Å². The van der Waals surface area contributed by atoms with Gasteiger partial charge in [0.05, 0.1) is 11.8 Å². The Morgan fingerprint density at radius 1 is 1.18 bits per heavy atom. The molecule has 1 amide bonds. The van der Waals surface area contributed by atoms with Gasteiger partial charge in [0.1, 0.15) is 0 Å². The number of primary amides is 1. The van der Waals surface area contributed by atoms with E-state index in [2.05, 4.69) is 10.2 Å². The van der Waals surface area contributed by atoms with Gasteiger partial charge >= 0.3 is 0 Å². The number of benzene rings is 2. The van der Waals surface area contributed by atoms with Crippen LogP contribution < -0.4 is 15.2 Å². The van der Waals surface area contributed by atoms with Gasteiger partial charge in [0.2, 0.25) is 12.7 Å². The lowest BCUT2D eigenvalue weighted by Crippen LogP contribution is -2.25. The molecule has 1 unspecified atom stereocenters. The van der Waals surface area contributed by atoms with E-state index in [-0.39, 0.29) is 18.0 Å². The number of thioether (sulfide) groups is 1. The van der Waals surface area contributed by atoms with Crippen molar-refractivity contribution in [1.82, 2.24) is 14.8 Å². The van der Waals surface area contributed by atoms with Crippen LogP contribution in [0.3, 0.4) is 0 Å².